The van der Waals surface area contributed by atoms with Crippen molar-refractivity contribution in [3.05, 3.63) is 35.9 Å². The van der Waals surface area contributed by atoms with Gasteiger partial charge in [-0.05, 0) is 5.56 Å². The largest absolute Gasteiger partial charge is 0.465 e. The van der Waals surface area contributed by atoms with Crippen LogP contribution in [0, 0.1) is 0 Å². The summed E-state index contributed by atoms with van der Waals surface area (Å²) in [7, 11) is 0. The molecule has 0 spiro atoms. The molecule has 1 unspecified atom stereocenters. The molecule has 0 aliphatic carbocycles. The molecule has 0 saturated carbocycles. The molecule has 0 saturated heterocycles. The Balaban J connectivity index is 2.46. The number of hydrogen-bond acceptors (Lipinski definition) is 3. The Labute approximate surface area is 120 Å². The van der Waals surface area contributed by atoms with Gasteiger partial charge in [-0.1, -0.05) is 30.3 Å². The quantitative estimate of drug-likeness (QED) is 0.475. The van der Waals surface area contributed by atoms with Gasteiger partial charge in [-0.25, -0.2) is 4.21 Å². The number of rotatable bonds is 7. The van der Waals surface area contributed by atoms with Crippen LogP contribution >= 0.6 is 0 Å². The Kier molecular flexibility index (Phi) is 5.85. The van der Waals surface area contributed by atoms with Crippen molar-refractivity contribution in [1.82, 2.24) is 0 Å². The molecule has 1 atom stereocenters. The predicted octanol–water partition coefficient (Wildman–Crippen LogP) is 2.61. The van der Waals surface area contributed by atoms with Gasteiger partial charge >= 0.3 is 17.1 Å². The van der Waals surface area contributed by atoms with Gasteiger partial charge in [0.15, 0.2) is 0 Å². The fourth-order valence-electron chi connectivity index (χ4n) is 1.38. The third kappa shape index (κ3) is 4.78. The molecule has 0 aliphatic heterocycles. The molecule has 4 nitrogen and oxygen atoms in total. The summed E-state index contributed by atoms with van der Waals surface area (Å²) < 4.78 is 74.3. The lowest BCUT2D eigenvalue weighted by atomic mass is 10.1. The molecular formula is C12H12F4O4S. The molecule has 0 fully saturated rings. The van der Waals surface area contributed by atoms with E-state index in [1.54, 1.807) is 30.3 Å². The van der Waals surface area contributed by atoms with E-state index in [9.17, 15) is 26.6 Å². The first-order valence-electron chi connectivity index (χ1n) is 5.73. The first kappa shape index (κ1) is 17.6. The topological polar surface area (TPSA) is 63.6 Å². The molecule has 0 bridgehead atoms. The van der Waals surface area contributed by atoms with Crippen LogP contribution in [0.1, 0.15) is 12.0 Å². The van der Waals surface area contributed by atoms with Crippen molar-refractivity contribution in [1.29, 1.82) is 0 Å². The molecule has 9 heteroatoms. The average Bonchev–Trinajstić information content (AvgIpc) is 2.39. The molecule has 118 valence electrons. The number of halogens is 4. The molecular weight excluding hydrogens is 316 g/mol. The van der Waals surface area contributed by atoms with E-state index >= 15 is 0 Å². The van der Waals surface area contributed by atoms with Gasteiger partial charge in [0.2, 0.25) is 11.1 Å². The van der Waals surface area contributed by atoms with Crippen molar-refractivity contribution in [2.24, 2.45) is 0 Å². The highest BCUT2D eigenvalue weighted by Crippen LogP contribution is 2.38. The van der Waals surface area contributed by atoms with E-state index in [0.29, 0.717) is 5.56 Å². The molecule has 1 N–H and O–H groups in total. The zero-order valence-corrected chi connectivity index (χ0v) is 11.4. The van der Waals surface area contributed by atoms with Gasteiger partial charge in [-0.2, -0.15) is 17.6 Å². The maximum Gasteiger partial charge on any atom is 0.406 e. The molecule has 1 aromatic rings. The molecule has 21 heavy (non-hydrogen) atoms. The van der Waals surface area contributed by atoms with Crippen molar-refractivity contribution < 1.29 is 35.9 Å². The Hall–Kier alpha value is -1.48. The van der Waals surface area contributed by atoms with Crippen LogP contribution in [0.3, 0.4) is 0 Å². The highest BCUT2D eigenvalue weighted by molar-refractivity contribution is 7.80. The molecule has 1 rings (SSSR count). The fraction of sp³-hybridized carbons (Fsp3) is 0.417. The van der Waals surface area contributed by atoms with Gasteiger partial charge in [0.1, 0.15) is 0 Å². The van der Waals surface area contributed by atoms with E-state index in [2.05, 4.69) is 4.74 Å². The van der Waals surface area contributed by atoms with Crippen molar-refractivity contribution in [3.8, 4) is 0 Å². The van der Waals surface area contributed by atoms with Gasteiger partial charge in [0, 0.05) is 0 Å². The van der Waals surface area contributed by atoms with Gasteiger partial charge in [0.05, 0.1) is 19.4 Å². The SMILES string of the molecule is O=C(Cc1ccccc1)OCCC(F)(F)C(F)(F)S(=O)O. The summed E-state index contributed by atoms with van der Waals surface area (Å²) in [5.74, 6) is -5.61. The van der Waals surface area contributed by atoms with Crippen LogP contribution in [-0.4, -0.2) is 32.5 Å². The average molecular weight is 328 g/mol. The van der Waals surface area contributed by atoms with Crippen LogP contribution < -0.4 is 0 Å². The molecule has 0 heterocycles. The molecule has 0 aliphatic rings. The highest BCUT2D eigenvalue weighted by atomic mass is 32.2. The minimum Gasteiger partial charge on any atom is -0.465 e. The zero-order chi connectivity index (χ0) is 16.1. The van der Waals surface area contributed by atoms with Gasteiger partial charge in [-0.15, -0.1) is 0 Å². The number of benzene rings is 1. The lowest BCUT2D eigenvalue weighted by Crippen LogP contribution is -2.44. The number of carbonyl (C=O) groups excluding carboxylic acids is 1. The summed E-state index contributed by atoms with van der Waals surface area (Å²) in [6.45, 7) is -0.981. The number of alkyl halides is 4. The minimum absolute atomic E-state index is 0.186. The minimum atomic E-state index is -5.10. The van der Waals surface area contributed by atoms with E-state index in [1.165, 1.54) is 0 Å². The molecule has 0 radical (unpaired) electrons. The zero-order valence-electron chi connectivity index (χ0n) is 10.6. The fourth-order valence-corrected chi connectivity index (χ4v) is 1.74. The second kappa shape index (κ2) is 6.99. The monoisotopic (exact) mass is 328 g/mol. The smallest absolute Gasteiger partial charge is 0.406 e. The first-order valence-corrected chi connectivity index (χ1v) is 6.83. The van der Waals surface area contributed by atoms with E-state index in [4.69, 9.17) is 4.55 Å². The van der Waals surface area contributed by atoms with Crippen molar-refractivity contribution in [2.75, 3.05) is 6.61 Å². The molecule has 0 aromatic heterocycles. The lowest BCUT2D eigenvalue weighted by molar-refractivity contribution is -0.172. The van der Waals surface area contributed by atoms with E-state index in [-0.39, 0.29) is 6.42 Å². The summed E-state index contributed by atoms with van der Waals surface area (Å²) >= 11 is -4.01. The Morgan fingerprint density at radius 1 is 1.19 bits per heavy atom. The second-order valence-electron chi connectivity index (χ2n) is 4.10. The second-order valence-corrected chi connectivity index (χ2v) is 5.11. The van der Waals surface area contributed by atoms with E-state index in [1.807, 2.05) is 0 Å². The summed E-state index contributed by atoms with van der Waals surface area (Å²) in [5, 5.41) is -5.10. The van der Waals surface area contributed by atoms with Crippen LogP contribution in [0.2, 0.25) is 0 Å². The summed E-state index contributed by atoms with van der Waals surface area (Å²) in [6, 6.07) is 8.26. The normalized spacial score (nSPS) is 13.8. The number of hydrogen-bond donors (Lipinski definition) is 1. The number of ether oxygens (including phenoxy) is 1. The maximum absolute atomic E-state index is 13.0. The summed E-state index contributed by atoms with van der Waals surface area (Å²) in [4.78, 5) is 11.3. The summed E-state index contributed by atoms with van der Waals surface area (Å²) in [6.07, 6.45) is -1.73. The summed E-state index contributed by atoms with van der Waals surface area (Å²) in [5.41, 5.74) is 0.580. The standard InChI is InChI=1S/C12H12F4O4S/c13-11(14,12(15,16)21(18)19)6-7-20-10(17)8-9-4-2-1-3-5-9/h1-5H,6-8H2,(H,18,19). The van der Waals surface area contributed by atoms with Gasteiger partial charge in [-0.3, -0.25) is 4.79 Å². The lowest BCUT2D eigenvalue weighted by Gasteiger charge is -2.23. The van der Waals surface area contributed by atoms with Gasteiger partial charge < -0.3 is 9.29 Å². The number of esters is 1. The van der Waals surface area contributed by atoms with Crippen LogP contribution in [0.15, 0.2) is 30.3 Å². The Bertz CT molecular complexity index is 507. The van der Waals surface area contributed by atoms with Crippen molar-refractivity contribution >= 4 is 17.0 Å². The molecule has 1 aromatic carbocycles. The van der Waals surface area contributed by atoms with Crippen LogP contribution in [0.4, 0.5) is 17.6 Å². The third-order valence-corrected chi connectivity index (χ3v) is 3.25. The highest BCUT2D eigenvalue weighted by Gasteiger charge is 2.60. The van der Waals surface area contributed by atoms with Crippen LogP contribution in [-0.2, 0) is 27.0 Å². The molecule has 0 amide bonds. The van der Waals surface area contributed by atoms with E-state index < -0.39 is 41.3 Å². The first-order chi connectivity index (χ1) is 9.67. The Morgan fingerprint density at radius 2 is 1.76 bits per heavy atom. The van der Waals surface area contributed by atoms with Gasteiger partial charge in [0.25, 0.3) is 0 Å². The Morgan fingerprint density at radius 3 is 2.29 bits per heavy atom. The van der Waals surface area contributed by atoms with E-state index in [0.717, 1.165) is 0 Å². The van der Waals surface area contributed by atoms with Crippen molar-refractivity contribution in [3.63, 3.8) is 0 Å². The predicted molar refractivity (Wildman–Crippen MR) is 66.4 cm³/mol. The van der Waals surface area contributed by atoms with Crippen LogP contribution in [0.5, 0.6) is 0 Å². The third-order valence-electron chi connectivity index (χ3n) is 2.52. The van der Waals surface area contributed by atoms with Crippen LogP contribution in [0.25, 0.3) is 0 Å². The maximum atomic E-state index is 13.0. The van der Waals surface area contributed by atoms with Crippen molar-refractivity contribution in [2.45, 2.75) is 24.0 Å². The number of carbonyl (C=O) groups is 1.